The molecule has 0 aliphatic carbocycles. The Hall–Kier alpha value is -3.00. The average Bonchev–Trinajstić information content (AvgIpc) is 3.40. The molecule has 0 unspecified atom stereocenters. The summed E-state index contributed by atoms with van der Waals surface area (Å²) < 4.78 is 17.1. The first-order valence-corrected chi connectivity index (χ1v) is 12.5. The Kier molecular flexibility index (Phi) is 7.57. The highest BCUT2D eigenvalue weighted by Gasteiger charge is 2.18. The van der Waals surface area contributed by atoms with Crippen molar-refractivity contribution < 1.29 is 19.0 Å². The van der Waals surface area contributed by atoms with Crippen molar-refractivity contribution in [3.8, 4) is 16.9 Å². The highest BCUT2D eigenvalue weighted by Crippen LogP contribution is 2.32. The quantitative estimate of drug-likeness (QED) is 0.536. The lowest BCUT2D eigenvalue weighted by atomic mass is 9.98. The van der Waals surface area contributed by atoms with Crippen molar-refractivity contribution in [3.63, 3.8) is 0 Å². The largest absolute Gasteiger partial charge is 0.483 e. The second kappa shape index (κ2) is 11.2. The van der Waals surface area contributed by atoms with Crippen molar-refractivity contribution in [2.45, 2.75) is 32.4 Å². The summed E-state index contributed by atoms with van der Waals surface area (Å²) in [6.07, 6.45) is 2.17. The van der Waals surface area contributed by atoms with Gasteiger partial charge in [-0.2, -0.15) is 0 Å². The third-order valence-corrected chi connectivity index (χ3v) is 6.62. The molecular formula is C28H33N3O4. The smallest absolute Gasteiger partial charge is 0.258 e. The third-order valence-electron chi connectivity index (χ3n) is 6.62. The van der Waals surface area contributed by atoms with E-state index in [0.717, 1.165) is 91.3 Å². The molecule has 1 N–H and O–H groups in total. The van der Waals surface area contributed by atoms with E-state index in [2.05, 4.69) is 34.5 Å². The van der Waals surface area contributed by atoms with Gasteiger partial charge in [-0.3, -0.25) is 14.7 Å². The molecule has 7 heteroatoms. The zero-order valence-electron chi connectivity index (χ0n) is 20.3. The van der Waals surface area contributed by atoms with Gasteiger partial charge in [0.2, 0.25) is 0 Å². The number of benzene rings is 2. The first-order valence-electron chi connectivity index (χ1n) is 12.5. The van der Waals surface area contributed by atoms with E-state index in [0.29, 0.717) is 6.54 Å². The zero-order chi connectivity index (χ0) is 24.0. The predicted molar refractivity (Wildman–Crippen MR) is 135 cm³/mol. The summed E-state index contributed by atoms with van der Waals surface area (Å²) in [4.78, 5) is 19.5. The zero-order valence-corrected chi connectivity index (χ0v) is 20.3. The number of morpholine rings is 1. The summed E-state index contributed by atoms with van der Waals surface area (Å²) in [5.74, 6) is 0.611. The Labute approximate surface area is 206 Å². The Bertz CT molecular complexity index is 1170. The molecule has 0 spiro atoms. The molecule has 35 heavy (non-hydrogen) atoms. The highest BCUT2D eigenvalue weighted by molar-refractivity contribution is 5.94. The number of fused-ring (bicyclic) bond motifs is 1. The molecule has 2 saturated heterocycles. The normalized spacial score (nSPS) is 18.6. The van der Waals surface area contributed by atoms with Crippen LogP contribution in [0.1, 0.15) is 24.1 Å². The number of nitrogens with one attached hydrogen (secondary N) is 1. The molecule has 2 fully saturated rings. The number of amides is 1. The lowest BCUT2D eigenvalue weighted by Gasteiger charge is -2.27. The molecule has 1 amide bonds. The molecule has 5 rings (SSSR count). The summed E-state index contributed by atoms with van der Waals surface area (Å²) in [6.45, 7) is 7.29. The van der Waals surface area contributed by atoms with Crippen molar-refractivity contribution in [2.24, 2.45) is 0 Å². The van der Waals surface area contributed by atoms with Crippen LogP contribution in [-0.2, 0) is 20.8 Å². The van der Waals surface area contributed by atoms with Crippen LogP contribution in [0.3, 0.4) is 0 Å². The Morgan fingerprint density at radius 2 is 2.00 bits per heavy atom. The van der Waals surface area contributed by atoms with Gasteiger partial charge in [-0.05, 0) is 55.2 Å². The molecule has 0 radical (unpaired) electrons. The van der Waals surface area contributed by atoms with Crippen LogP contribution in [0.5, 0.6) is 5.75 Å². The fourth-order valence-electron chi connectivity index (χ4n) is 4.79. The molecule has 3 aromatic rings. The number of nitrogens with zero attached hydrogens (tertiary/aromatic N) is 2. The standard InChI is InChI=1S/C28H33N3O4/c1-20-15-25(24-6-2-3-7-26(24)30-20)21-8-9-27(22(16-21)18-31-10-13-33-14-11-31)35-19-28(32)29-17-23-5-4-12-34-23/h2-3,6-9,15-16,23H,4-5,10-14,17-19H2,1H3,(H,29,32)/t23-/m0/s1. The van der Waals surface area contributed by atoms with Crippen LogP contribution in [0.2, 0.25) is 0 Å². The number of carbonyl (C=O) groups is 1. The molecule has 2 aromatic carbocycles. The van der Waals surface area contributed by atoms with Crippen molar-refractivity contribution in [3.05, 3.63) is 59.8 Å². The molecule has 2 aliphatic rings. The molecule has 3 heterocycles. The predicted octanol–water partition coefficient (Wildman–Crippen LogP) is 3.72. The molecule has 0 bridgehead atoms. The topological polar surface area (TPSA) is 72.9 Å². The van der Waals surface area contributed by atoms with E-state index in [-0.39, 0.29) is 18.6 Å². The number of aryl methyl sites for hydroxylation is 1. The van der Waals surface area contributed by atoms with E-state index >= 15 is 0 Å². The lowest BCUT2D eigenvalue weighted by molar-refractivity contribution is -0.123. The van der Waals surface area contributed by atoms with E-state index < -0.39 is 0 Å². The number of hydrogen-bond donors (Lipinski definition) is 1. The van der Waals surface area contributed by atoms with Crippen LogP contribution in [0, 0.1) is 6.92 Å². The summed E-state index contributed by atoms with van der Waals surface area (Å²) in [6, 6.07) is 16.6. The molecule has 184 valence electrons. The SMILES string of the molecule is Cc1cc(-c2ccc(OCC(=O)NC[C@@H]3CCCO3)c(CN3CCOCC3)c2)c2ccccc2n1. The number of ether oxygens (including phenoxy) is 3. The van der Waals surface area contributed by atoms with Gasteiger partial charge < -0.3 is 19.5 Å². The van der Waals surface area contributed by atoms with E-state index in [4.69, 9.17) is 19.2 Å². The van der Waals surface area contributed by atoms with E-state index in [1.807, 2.05) is 31.2 Å². The van der Waals surface area contributed by atoms with Crippen molar-refractivity contribution in [2.75, 3.05) is 46.1 Å². The monoisotopic (exact) mass is 475 g/mol. The van der Waals surface area contributed by atoms with Gasteiger partial charge in [-0.25, -0.2) is 0 Å². The Morgan fingerprint density at radius 1 is 1.14 bits per heavy atom. The molecule has 1 aromatic heterocycles. The first-order chi connectivity index (χ1) is 17.2. The summed E-state index contributed by atoms with van der Waals surface area (Å²) in [5, 5.41) is 4.06. The Morgan fingerprint density at radius 3 is 2.83 bits per heavy atom. The minimum absolute atomic E-state index is 0.0144. The van der Waals surface area contributed by atoms with Crippen LogP contribution < -0.4 is 10.1 Å². The average molecular weight is 476 g/mol. The first kappa shape index (κ1) is 23.7. The van der Waals surface area contributed by atoms with Crippen molar-refractivity contribution >= 4 is 16.8 Å². The van der Waals surface area contributed by atoms with Gasteiger partial charge in [0.15, 0.2) is 6.61 Å². The van der Waals surface area contributed by atoms with E-state index in [1.54, 1.807) is 0 Å². The van der Waals surface area contributed by atoms with Crippen LogP contribution >= 0.6 is 0 Å². The van der Waals surface area contributed by atoms with Crippen molar-refractivity contribution in [1.29, 1.82) is 0 Å². The van der Waals surface area contributed by atoms with Crippen molar-refractivity contribution in [1.82, 2.24) is 15.2 Å². The van der Waals surface area contributed by atoms with Gasteiger partial charge in [0.05, 0.1) is 24.8 Å². The van der Waals surface area contributed by atoms with E-state index in [1.165, 1.54) is 0 Å². The van der Waals surface area contributed by atoms with Crippen LogP contribution in [0.15, 0.2) is 48.5 Å². The molecular weight excluding hydrogens is 442 g/mol. The van der Waals surface area contributed by atoms with Gasteiger partial charge in [-0.1, -0.05) is 24.3 Å². The summed E-state index contributed by atoms with van der Waals surface area (Å²) in [5.41, 5.74) is 5.30. The fraction of sp³-hybridized carbons (Fsp3) is 0.429. The van der Waals surface area contributed by atoms with Gasteiger partial charge in [0, 0.05) is 49.4 Å². The second-order valence-corrected chi connectivity index (χ2v) is 9.27. The van der Waals surface area contributed by atoms with Gasteiger partial charge in [0.25, 0.3) is 5.91 Å². The Balaban J connectivity index is 1.37. The minimum Gasteiger partial charge on any atom is -0.483 e. The van der Waals surface area contributed by atoms with Crippen LogP contribution in [-0.4, -0.2) is 68.0 Å². The molecule has 1 atom stereocenters. The van der Waals surface area contributed by atoms with Gasteiger partial charge in [0.1, 0.15) is 5.75 Å². The molecule has 7 nitrogen and oxygen atoms in total. The number of carbonyl (C=O) groups excluding carboxylic acids is 1. The number of pyridine rings is 1. The van der Waals surface area contributed by atoms with Gasteiger partial charge in [-0.15, -0.1) is 0 Å². The number of rotatable bonds is 8. The highest BCUT2D eigenvalue weighted by atomic mass is 16.5. The molecule has 0 saturated carbocycles. The number of para-hydroxylation sites is 1. The summed E-state index contributed by atoms with van der Waals surface area (Å²) >= 11 is 0. The van der Waals surface area contributed by atoms with E-state index in [9.17, 15) is 4.79 Å². The van der Waals surface area contributed by atoms with Crippen LogP contribution in [0.25, 0.3) is 22.0 Å². The maximum Gasteiger partial charge on any atom is 0.258 e. The second-order valence-electron chi connectivity index (χ2n) is 9.27. The number of aromatic nitrogens is 1. The number of hydrogen-bond acceptors (Lipinski definition) is 6. The van der Waals surface area contributed by atoms with Crippen LogP contribution in [0.4, 0.5) is 0 Å². The lowest BCUT2D eigenvalue weighted by Crippen LogP contribution is -2.36. The maximum atomic E-state index is 12.4. The van der Waals surface area contributed by atoms with Gasteiger partial charge >= 0.3 is 0 Å². The molecule has 2 aliphatic heterocycles. The summed E-state index contributed by atoms with van der Waals surface area (Å²) in [7, 11) is 0. The minimum atomic E-state index is -0.127. The third kappa shape index (κ3) is 5.99. The maximum absolute atomic E-state index is 12.4. The fourth-order valence-corrected chi connectivity index (χ4v) is 4.79.